The van der Waals surface area contributed by atoms with Crippen LogP contribution in [0.5, 0.6) is 11.5 Å². The Hall–Kier alpha value is -3.22. The second kappa shape index (κ2) is 9.73. The van der Waals surface area contributed by atoms with Crippen LogP contribution in [0.3, 0.4) is 0 Å². The minimum absolute atomic E-state index is 0.0968. The van der Waals surface area contributed by atoms with Gasteiger partial charge in [0.25, 0.3) is 0 Å². The number of benzene rings is 1. The minimum Gasteiger partial charge on any atom is -0.453 e. The van der Waals surface area contributed by atoms with Crippen LogP contribution >= 0.6 is 0 Å². The molecular weight excluding hydrogens is 397 g/mol. The first-order chi connectivity index (χ1) is 15.1. The van der Waals surface area contributed by atoms with Gasteiger partial charge in [-0.1, -0.05) is 18.9 Å². The zero-order valence-electron chi connectivity index (χ0n) is 17.4. The van der Waals surface area contributed by atoms with Gasteiger partial charge in [0, 0.05) is 44.4 Å². The van der Waals surface area contributed by atoms with Crippen LogP contribution in [-0.4, -0.2) is 52.8 Å². The molecule has 31 heavy (non-hydrogen) atoms. The fraction of sp³-hybridized carbons (Fsp3) is 0.375. The number of halogens is 1. The molecule has 0 unspecified atom stereocenters. The van der Waals surface area contributed by atoms with Crippen molar-refractivity contribution in [1.29, 1.82) is 0 Å². The van der Waals surface area contributed by atoms with E-state index in [0.29, 0.717) is 37.5 Å². The fourth-order valence-corrected chi connectivity index (χ4v) is 4.09. The van der Waals surface area contributed by atoms with Crippen LogP contribution in [0, 0.1) is 11.7 Å². The van der Waals surface area contributed by atoms with Crippen LogP contribution in [0.1, 0.15) is 31.2 Å². The summed E-state index contributed by atoms with van der Waals surface area (Å²) in [5, 5.41) is 0. The highest BCUT2D eigenvalue weighted by atomic mass is 19.1. The van der Waals surface area contributed by atoms with Crippen LogP contribution in [0.25, 0.3) is 6.08 Å². The van der Waals surface area contributed by atoms with Crippen LogP contribution in [0.15, 0.2) is 48.8 Å². The first-order valence-corrected chi connectivity index (χ1v) is 10.7. The molecule has 2 fully saturated rings. The summed E-state index contributed by atoms with van der Waals surface area (Å²) in [6.45, 7) is 2.19. The molecule has 2 aromatic rings. The van der Waals surface area contributed by atoms with Gasteiger partial charge >= 0.3 is 0 Å². The van der Waals surface area contributed by atoms with Gasteiger partial charge in [0.1, 0.15) is 5.75 Å². The van der Waals surface area contributed by atoms with Crippen molar-refractivity contribution in [3.05, 3.63) is 60.2 Å². The largest absolute Gasteiger partial charge is 0.453 e. The molecule has 0 spiro atoms. The highest BCUT2D eigenvalue weighted by molar-refractivity contribution is 5.92. The third-order valence-corrected chi connectivity index (χ3v) is 5.84. The summed E-state index contributed by atoms with van der Waals surface area (Å²) in [6.07, 6.45) is 10.4. The second-order valence-corrected chi connectivity index (χ2v) is 7.95. The van der Waals surface area contributed by atoms with Crippen LogP contribution in [0.4, 0.5) is 4.39 Å². The number of ether oxygens (including phenoxy) is 1. The zero-order chi connectivity index (χ0) is 21.6. The molecule has 2 aliphatic rings. The average molecular weight is 423 g/mol. The zero-order valence-corrected chi connectivity index (χ0v) is 17.4. The molecule has 1 aromatic heterocycles. The predicted octanol–water partition coefficient (Wildman–Crippen LogP) is 3.89. The lowest BCUT2D eigenvalue weighted by Crippen LogP contribution is -2.51. The predicted molar refractivity (Wildman–Crippen MR) is 115 cm³/mol. The third-order valence-electron chi connectivity index (χ3n) is 5.84. The molecule has 0 radical (unpaired) electrons. The number of aromatic nitrogens is 1. The number of nitrogens with zero attached hydrogens (tertiary/aromatic N) is 3. The average Bonchev–Trinajstić information content (AvgIpc) is 3.34. The van der Waals surface area contributed by atoms with E-state index in [0.717, 1.165) is 25.7 Å². The Bertz CT molecular complexity index is 950. The lowest BCUT2D eigenvalue weighted by atomic mass is 10.1. The number of hydrogen-bond donors (Lipinski definition) is 0. The molecular formula is C24H26FN3O3. The van der Waals surface area contributed by atoms with E-state index in [9.17, 15) is 14.0 Å². The summed E-state index contributed by atoms with van der Waals surface area (Å²) in [6, 6.07) is 7.95. The third kappa shape index (κ3) is 5.29. The van der Waals surface area contributed by atoms with Gasteiger partial charge in [0.05, 0.1) is 6.20 Å². The molecule has 0 atom stereocenters. The summed E-state index contributed by atoms with van der Waals surface area (Å²) in [4.78, 5) is 32.6. The van der Waals surface area contributed by atoms with E-state index in [1.165, 1.54) is 24.4 Å². The highest BCUT2D eigenvalue weighted by Crippen LogP contribution is 2.27. The van der Waals surface area contributed by atoms with E-state index in [-0.39, 0.29) is 23.5 Å². The van der Waals surface area contributed by atoms with Gasteiger partial charge in [0.2, 0.25) is 11.8 Å². The van der Waals surface area contributed by atoms with Crippen molar-refractivity contribution in [3.8, 4) is 11.5 Å². The van der Waals surface area contributed by atoms with E-state index >= 15 is 0 Å². The maximum atomic E-state index is 14.3. The fourth-order valence-electron chi connectivity index (χ4n) is 4.09. The Balaban J connectivity index is 1.30. The Labute approximate surface area is 181 Å². The van der Waals surface area contributed by atoms with E-state index in [2.05, 4.69) is 4.98 Å². The molecule has 2 heterocycles. The molecule has 2 amide bonds. The van der Waals surface area contributed by atoms with Crippen LogP contribution in [0.2, 0.25) is 0 Å². The first-order valence-electron chi connectivity index (χ1n) is 10.7. The van der Waals surface area contributed by atoms with Gasteiger partial charge in [-0.25, -0.2) is 4.39 Å². The van der Waals surface area contributed by atoms with Gasteiger partial charge in [-0.05, 0) is 48.7 Å². The van der Waals surface area contributed by atoms with Crippen molar-refractivity contribution in [2.24, 2.45) is 5.92 Å². The smallest absolute Gasteiger partial charge is 0.246 e. The number of carbonyl (C=O) groups is 2. The Morgan fingerprint density at radius 1 is 1.06 bits per heavy atom. The van der Waals surface area contributed by atoms with E-state index < -0.39 is 5.82 Å². The molecule has 162 valence electrons. The summed E-state index contributed by atoms with van der Waals surface area (Å²) in [7, 11) is 0. The summed E-state index contributed by atoms with van der Waals surface area (Å²) in [5.74, 6) is 0.304. The topological polar surface area (TPSA) is 62.7 Å². The van der Waals surface area contributed by atoms with Gasteiger partial charge < -0.3 is 14.5 Å². The van der Waals surface area contributed by atoms with Gasteiger partial charge in [0.15, 0.2) is 11.6 Å². The molecule has 6 nitrogen and oxygen atoms in total. The summed E-state index contributed by atoms with van der Waals surface area (Å²) >= 11 is 0. The number of pyridine rings is 1. The lowest BCUT2D eigenvalue weighted by molar-refractivity contribution is -0.140. The lowest BCUT2D eigenvalue weighted by Gasteiger charge is -2.35. The highest BCUT2D eigenvalue weighted by Gasteiger charge is 2.30. The van der Waals surface area contributed by atoms with Crippen molar-refractivity contribution in [1.82, 2.24) is 14.8 Å². The molecule has 1 aliphatic heterocycles. The maximum Gasteiger partial charge on any atom is 0.246 e. The van der Waals surface area contributed by atoms with E-state index in [1.54, 1.807) is 35.4 Å². The van der Waals surface area contributed by atoms with Crippen molar-refractivity contribution in [2.75, 3.05) is 26.2 Å². The number of rotatable bonds is 5. The van der Waals surface area contributed by atoms with Crippen molar-refractivity contribution in [3.63, 3.8) is 0 Å². The Morgan fingerprint density at radius 3 is 2.48 bits per heavy atom. The van der Waals surface area contributed by atoms with Crippen LogP contribution < -0.4 is 4.74 Å². The molecule has 1 saturated heterocycles. The van der Waals surface area contributed by atoms with Crippen molar-refractivity contribution >= 4 is 17.9 Å². The quantitative estimate of drug-likeness (QED) is 0.685. The van der Waals surface area contributed by atoms with Crippen LogP contribution in [-0.2, 0) is 9.59 Å². The molecule has 4 rings (SSSR count). The number of piperazine rings is 1. The van der Waals surface area contributed by atoms with Crippen molar-refractivity contribution < 1.29 is 18.7 Å². The van der Waals surface area contributed by atoms with Gasteiger partial charge in [-0.15, -0.1) is 0 Å². The molecule has 1 aliphatic carbocycles. The van der Waals surface area contributed by atoms with E-state index in [1.807, 2.05) is 4.90 Å². The van der Waals surface area contributed by atoms with Crippen molar-refractivity contribution in [2.45, 2.75) is 25.7 Å². The van der Waals surface area contributed by atoms with Gasteiger partial charge in [-0.3, -0.25) is 14.6 Å². The normalized spacial score (nSPS) is 17.3. The standard InChI is InChI=1S/C24H26FN3O3/c25-21-16-18(7-9-22(21)31-20-6-3-11-26-17-20)8-10-23(29)27-12-14-28(15-13-27)24(30)19-4-1-2-5-19/h3,6-11,16-17,19H,1-2,4-5,12-15H2/b10-8+. The molecule has 7 heteroatoms. The molecule has 1 saturated carbocycles. The molecule has 0 bridgehead atoms. The number of carbonyl (C=O) groups excluding carboxylic acids is 2. The number of amides is 2. The first kappa shape index (κ1) is 21.0. The van der Waals surface area contributed by atoms with Gasteiger partial charge in [-0.2, -0.15) is 0 Å². The summed E-state index contributed by atoms with van der Waals surface area (Å²) in [5.41, 5.74) is 0.569. The SMILES string of the molecule is O=C(/C=C/c1ccc(Oc2cccnc2)c(F)c1)N1CCN(C(=O)C2CCCC2)CC1. The Morgan fingerprint density at radius 2 is 1.81 bits per heavy atom. The monoisotopic (exact) mass is 423 g/mol. The number of hydrogen-bond acceptors (Lipinski definition) is 4. The Kier molecular flexibility index (Phi) is 6.60. The molecule has 1 aromatic carbocycles. The minimum atomic E-state index is -0.516. The molecule has 0 N–H and O–H groups in total. The summed E-state index contributed by atoms with van der Waals surface area (Å²) < 4.78 is 19.8. The second-order valence-electron chi connectivity index (χ2n) is 7.95. The van der Waals surface area contributed by atoms with E-state index in [4.69, 9.17) is 4.74 Å². The maximum absolute atomic E-state index is 14.3.